The number of halogens is 4. The Morgan fingerprint density at radius 3 is 2.70 bits per heavy atom. The first-order valence-electron chi connectivity index (χ1n) is 6.63. The van der Waals surface area contributed by atoms with E-state index in [1.165, 1.54) is 0 Å². The Morgan fingerprint density at radius 2 is 2.05 bits per heavy atom. The average Bonchev–Trinajstić information content (AvgIpc) is 2.35. The van der Waals surface area contributed by atoms with E-state index in [4.69, 9.17) is 0 Å². The first-order valence-corrected chi connectivity index (χ1v) is 6.63. The minimum atomic E-state index is -4.51. The van der Waals surface area contributed by atoms with Crippen molar-refractivity contribution in [3.63, 3.8) is 0 Å². The SMILES string of the molecule is CN1CCCC(NCc2cc(F)cc(C(F)(F)F)c2)C1. The zero-order valence-electron chi connectivity index (χ0n) is 11.3. The van der Waals surface area contributed by atoms with Gasteiger partial charge in [-0.25, -0.2) is 4.39 Å². The van der Waals surface area contributed by atoms with Crippen LogP contribution in [0.25, 0.3) is 0 Å². The number of hydrogen-bond acceptors (Lipinski definition) is 2. The number of hydrogen-bond donors (Lipinski definition) is 1. The first kappa shape index (κ1) is 15.3. The van der Waals surface area contributed by atoms with Crippen molar-refractivity contribution < 1.29 is 17.6 Å². The van der Waals surface area contributed by atoms with E-state index in [0.29, 0.717) is 11.6 Å². The highest BCUT2D eigenvalue weighted by atomic mass is 19.4. The van der Waals surface area contributed by atoms with Crippen LogP contribution in [-0.2, 0) is 12.7 Å². The van der Waals surface area contributed by atoms with E-state index in [-0.39, 0.29) is 12.6 Å². The Morgan fingerprint density at radius 1 is 1.30 bits per heavy atom. The molecule has 1 fully saturated rings. The number of benzene rings is 1. The maximum atomic E-state index is 13.2. The lowest BCUT2D eigenvalue weighted by atomic mass is 10.1. The molecule has 0 bridgehead atoms. The molecule has 1 aromatic carbocycles. The highest BCUT2D eigenvalue weighted by Gasteiger charge is 2.31. The second-order valence-corrected chi connectivity index (χ2v) is 5.33. The van der Waals surface area contributed by atoms with Crippen molar-refractivity contribution in [2.75, 3.05) is 20.1 Å². The average molecular weight is 290 g/mol. The van der Waals surface area contributed by atoms with Crippen LogP contribution in [0.2, 0.25) is 0 Å². The Bertz CT molecular complexity index is 459. The summed E-state index contributed by atoms with van der Waals surface area (Å²) in [7, 11) is 2.01. The summed E-state index contributed by atoms with van der Waals surface area (Å²) in [4.78, 5) is 2.17. The summed E-state index contributed by atoms with van der Waals surface area (Å²) in [5.74, 6) is -0.850. The third-order valence-corrected chi connectivity index (χ3v) is 3.50. The van der Waals surface area contributed by atoms with Gasteiger partial charge in [0.25, 0.3) is 0 Å². The van der Waals surface area contributed by atoms with Crippen LogP contribution >= 0.6 is 0 Å². The molecule has 2 rings (SSSR count). The molecule has 0 aromatic heterocycles. The molecule has 1 heterocycles. The van der Waals surface area contributed by atoms with Gasteiger partial charge < -0.3 is 10.2 Å². The quantitative estimate of drug-likeness (QED) is 0.861. The van der Waals surface area contributed by atoms with Gasteiger partial charge in [-0.1, -0.05) is 0 Å². The molecule has 0 saturated carbocycles. The summed E-state index contributed by atoms with van der Waals surface area (Å²) in [6.45, 7) is 2.15. The molecule has 1 N–H and O–H groups in total. The number of nitrogens with one attached hydrogen (secondary N) is 1. The predicted octanol–water partition coefficient (Wildman–Crippen LogP) is 3.03. The van der Waals surface area contributed by atoms with Crippen LogP contribution in [0.15, 0.2) is 18.2 Å². The molecule has 6 heteroatoms. The van der Waals surface area contributed by atoms with Gasteiger partial charge in [0.05, 0.1) is 5.56 Å². The predicted molar refractivity (Wildman–Crippen MR) is 68.8 cm³/mol. The molecule has 0 amide bonds. The number of likely N-dealkylation sites (N-methyl/N-ethyl adjacent to an activating group) is 1. The van der Waals surface area contributed by atoms with Crippen LogP contribution in [0, 0.1) is 5.82 Å². The molecule has 1 aliphatic rings. The molecule has 112 valence electrons. The molecule has 1 unspecified atom stereocenters. The van der Waals surface area contributed by atoms with Crippen molar-refractivity contribution in [3.05, 3.63) is 35.1 Å². The fourth-order valence-electron chi connectivity index (χ4n) is 2.51. The summed E-state index contributed by atoms with van der Waals surface area (Å²) < 4.78 is 51.1. The van der Waals surface area contributed by atoms with Gasteiger partial charge in [0, 0.05) is 19.1 Å². The normalized spacial score (nSPS) is 21.1. The Balaban J connectivity index is 2.00. The topological polar surface area (TPSA) is 15.3 Å². The van der Waals surface area contributed by atoms with E-state index >= 15 is 0 Å². The molecule has 1 atom stereocenters. The van der Waals surface area contributed by atoms with Gasteiger partial charge in [-0.2, -0.15) is 13.2 Å². The first-order chi connectivity index (χ1) is 9.34. The van der Waals surface area contributed by atoms with Crippen LogP contribution in [0.1, 0.15) is 24.0 Å². The van der Waals surface area contributed by atoms with Crippen molar-refractivity contribution in [1.82, 2.24) is 10.2 Å². The maximum Gasteiger partial charge on any atom is 0.416 e. The summed E-state index contributed by atoms with van der Waals surface area (Å²) in [5.41, 5.74) is -0.611. The molecule has 2 nitrogen and oxygen atoms in total. The van der Waals surface area contributed by atoms with Gasteiger partial charge in [-0.15, -0.1) is 0 Å². The van der Waals surface area contributed by atoms with Crippen molar-refractivity contribution in [2.45, 2.75) is 31.6 Å². The fraction of sp³-hybridized carbons (Fsp3) is 0.571. The van der Waals surface area contributed by atoms with Gasteiger partial charge in [-0.05, 0) is 50.2 Å². The monoisotopic (exact) mass is 290 g/mol. The summed E-state index contributed by atoms with van der Waals surface area (Å²) in [6.07, 6.45) is -2.46. The highest BCUT2D eigenvalue weighted by Crippen LogP contribution is 2.30. The Hall–Kier alpha value is -1.14. The molecular formula is C14H18F4N2. The number of likely N-dealkylation sites (tertiary alicyclic amines) is 1. The van der Waals surface area contributed by atoms with Crippen LogP contribution in [0.3, 0.4) is 0 Å². The smallest absolute Gasteiger partial charge is 0.309 e. The zero-order valence-corrected chi connectivity index (χ0v) is 11.3. The van der Waals surface area contributed by atoms with Crippen LogP contribution < -0.4 is 5.32 Å². The number of piperidine rings is 1. The van der Waals surface area contributed by atoms with E-state index in [2.05, 4.69) is 10.2 Å². The van der Waals surface area contributed by atoms with E-state index in [1.807, 2.05) is 7.05 Å². The van der Waals surface area contributed by atoms with Crippen molar-refractivity contribution in [2.24, 2.45) is 0 Å². The number of alkyl halides is 3. The Kier molecular flexibility index (Phi) is 4.65. The number of rotatable bonds is 3. The van der Waals surface area contributed by atoms with Crippen LogP contribution in [0.5, 0.6) is 0 Å². The Labute approximate surface area is 115 Å². The minimum absolute atomic E-state index is 0.242. The summed E-state index contributed by atoms with van der Waals surface area (Å²) in [6, 6.07) is 2.92. The second kappa shape index (κ2) is 6.10. The summed E-state index contributed by atoms with van der Waals surface area (Å²) >= 11 is 0. The third kappa shape index (κ3) is 4.18. The van der Waals surface area contributed by atoms with E-state index in [9.17, 15) is 17.6 Å². The van der Waals surface area contributed by atoms with Gasteiger partial charge in [0.2, 0.25) is 0 Å². The molecule has 0 spiro atoms. The largest absolute Gasteiger partial charge is 0.416 e. The van der Waals surface area contributed by atoms with E-state index in [1.54, 1.807) is 0 Å². The molecule has 20 heavy (non-hydrogen) atoms. The van der Waals surface area contributed by atoms with Gasteiger partial charge in [-0.3, -0.25) is 0 Å². The molecular weight excluding hydrogens is 272 g/mol. The lowest BCUT2D eigenvalue weighted by Gasteiger charge is -2.30. The molecule has 1 aliphatic heterocycles. The highest BCUT2D eigenvalue weighted by molar-refractivity contribution is 5.26. The second-order valence-electron chi connectivity index (χ2n) is 5.33. The molecule has 0 aliphatic carbocycles. The lowest BCUT2D eigenvalue weighted by molar-refractivity contribution is -0.137. The van der Waals surface area contributed by atoms with Crippen molar-refractivity contribution in [3.8, 4) is 0 Å². The third-order valence-electron chi connectivity index (χ3n) is 3.50. The number of nitrogens with zero attached hydrogens (tertiary/aromatic N) is 1. The lowest BCUT2D eigenvalue weighted by Crippen LogP contribution is -2.43. The van der Waals surface area contributed by atoms with Crippen LogP contribution in [-0.4, -0.2) is 31.1 Å². The molecule has 1 saturated heterocycles. The minimum Gasteiger partial charge on any atom is -0.309 e. The fourth-order valence-corrected chi connectivity index (χ4v) is 2.51. The van der Waals surface area contributed by atoms with E-state index in [0.717, 1.165) is 38.1 Å². The van der Waals surface area contributed by atoms with Crippen LogP contribution in [0.4, 0.5) is 17.6 Å². The van der Waals surface area contributed by atoms with Crippen molar-refractivity contribution >= 4 is 0 Å². The van der Waals surface area contributed by atoms with Crippen molar-refractivity contribution in [1.29, 1.82) is 0 Å². The van der Waals surface area contributed by atoms with Gasteiger partial charge in [0.15, 0.2) is 0 Å². The maximum absolute atomic E-state index is 13.2. The van der Waals surface area contributed by atoms with Gasteiger partial charge in [0.1, 0.15) is 5.82 Å². The molecule has 0 radical (unpaired) electrons. The standard InChI is InChI=1S/C14H18F4N2/c1-20-4-2-3-13(9-20)19-8-10-5-11(14(16,17)18)7-12(15)6-10/h5-7,13,19H,2-4,8-9H2,1H3. The zero-order chi connectivity index (χ0) is 14.8. The van der Waals surface area contributed by atoms with Gasteiger partial charge >= 0.3 is 6.18 Å². The van der Waals surface area contributed by atoms with E-state index < -0.39 is 17.6 Å². The summed E-state index contributed by atoms with van der Waals surface area (Å²) in [5, 5.41) is 3.20. The molecule has 1 aromatic rings.